The lowest BCUT2D eigenvalue weighted by molar-refractivity contribution is 0.101. The number of ether oxygens (including phenoxy) is 1. The molecule has 0 aliphatic heterocycles. The molecule has 1 heterocycles. The molecule has 0 atom stereocenters. The minimum absolute atomic E-state index is 0.124. The maximum absolute atomic E-state index is 13.7. The highest BCUT2D eigenvalue weighted by molar-refractivity contribution is 6.03. The summed E-state index contributed by atoms with van der Waals surface area (Å²) in [4.78, 5) is 12.6. The Balaban J connectivity index is 1.78. The van der Waals surface area contributed by atoms with E-state index in [0.717, 1.165) is 16.9 Å². The highest BCUT2D eigenvalue weighted by Crippen LogP contribution is 2.24. The molecule has 0 saturated heterocycles. The zero-order valence-electron chi connectivity index (χ0n) is 15.7. The fourth-order valence-corrected chi connectivity index (χ4v) is 2.63. The highest BCUT2D eigenvalue weighted by atomic mass is 19.1. The van der Waals surface area contributed by atoms with Crippen molar-refractivity contribution in [3.8, 4) is 5.75 Å². The van der Waals surface area contributed by atoms with Gasteiger partial charge in [0.25, 0.3) is 5.91 Å². The molecule has 140 valence electrons. The van der Waals surface area contributed by atoms with Crippen LogP contribution in [-0.2, 0) is 6.61 Å². The van der Waals surface area contributed by atoms with Crippen LogP contribution in [0.15, 0.2) is 40.9 Å². The number of anilines is 1. The second-order valence-corrected chi connectivity index (χ2v) is 6.47. The first kappa shape index (κ1) is 18.6. The molecule has 3 aromatic rings. The number of amides is 1. The van der Waals surface area contributed by atoms with Crippen LogP contribution in [0.2, 0.25) is 0 Å². The molecule has 1 aromatic heterocycles. The quantitative estimate of drug-likeness (QED) is 0.697. The average Bonchev–Trinajstić information content (AvgIpc) is 3.00. The zero-order chi connectivity index (χ0) is 19.6. The maximum atomic E-state index is 13.7. The molecular weight excluding hydrogens is 347 g/mol. The molecule has 3 rings (SSSR count). The number of benzene rings is 2. The van der Waals surface area contributed by atoms with Crippen molar-refractivity contribution in [1.82, 2.24) is 5.16 Å². The van der Waals surface area contributed by atoms with Crippen molar-refractivity contribution >= 4 is 11.6 Å². The maximum Gasteiger partial charge on any atom is 0.278 e. The van der Waals surface area contributed by atoms with Gasteiger partial charge in [-0.2, -0.15) is 0 Å². The summed E-state index contributed by atoms with van der Waals surface area (Å²) < 4.78 is 24.7. The van der Waals surface area contributed by atoms with Crippen molar-refractivity contribution < 1.29 is 18.4 Å². The molecule has 0 aliphatic carbocycles. The van der Waals surface area contributed by atoms with Crippen molar-refractivity contribution in [3.05, 3.63) is 75.9 Å². The van der Waals surface area contributed by atoms with Crippen LogP contribution in [0.5, 0.6) is 5.75 Å². The van der Waals surface area contributed by atoms with E-state index in [4.69, 9.17) is 9.26 Å². The predicted molar refractivity (Wildman–Crippen MR) is 101 cm³/mol. The van der Waals surface area contributed by atoms with Crippen LogP contribution in [0.25, 0.3) is 0 Å². The summed E-state index contributed by atoms with van der Waals surface area (Å²) >= 11 is 0. The van der Waals surface area contributed by atoms with Crippen molar-refractivity contribution in [1.29, 1.82) is 0 Å². The van der Waals surface area contributed by atoms with Gasteiger partial charge in [0.15, 0.2) is 5.69 Å². The van der Waals surface area contributed by atoms with E-state index in [2.05, 4.69) is 10.5 Å². The first-order valence-electron chi connectivity index (χ1n) is 8.58. The minimum Gasteiger partial charge on any atom is -0.488 e. The van der Waals surface area contributed by atoms with Crippen LogP contribution < -0.4 is 10.1 Å². The van der Waals surface area contributed by atoms with Gasteiger partial charge in [0, 0.05) is 5.69 Å². The van der Waals surface area contributed by atoms with Crippen LogP contribution >= 0.6 is 0 Å². The monoisotopic (exact) mass is 368 g/mol. The number of aromatic nitrogens is 1. The van der Waals surface area contributed by atoms with Gasteiger partial charge >= 0.3 is 0 Å². The Kier molecular flexibility index (Phi) is 5.26. The van der Waals surface area contributed by atoms with E-state index in [1.165, 1.54) is 6.07 Å². The molecule has 0 fully saturated rings. The predicted octanol–water partition coefficient (Wildman–Crippen LogP) is 4.88. The Morgan fingerprint density at radius 2 is 1.93 bits per heavy atom. The molecule has 0 saturated carbocycles. The summed E-state index contributed by atoms with van der Waals surface area (Å²) in [5, 5.41) is 6.48. The lowest BCUT2D eigenvalue weighted by Gasteiger charge is -2.11. The summed E-state index contributed by atoms with van der Waals surface area (Å²) in [5.74, 6) is 0.375. The summed E-state index contributed by atoms with van der Waals surface area (Å²) in [6, 6.07) is 10.3. The smallest absolute Gasteiger partial charge is 0.278 e. The van der Waals surface area contributed by atoms with Crippen LogP contribution in [-0.4, -0.2) is 11.1 Å². The summed E-state index contributed by atoms with van der Waals surface area (Å²) in [6.07, 6.45) is 0. The standard InChI is InChI=1S/C21H21FN2O3/c1-12-6-5-7-19(14(12)3)26-11-17-15(4)27-24-20(17)21(25)23-16-9-8-13(2)18(22)10-16/h5-10H,11H2,1-4H3,(H,23,25). The van der Waals surface area contributed by atoms with Crippen LogP contribution in [0.1, 0.15) is 38.5 Å². The molecule has 27 heavy (non-hydrogen) atoms. The number of carbonyl (C=O) groups excluding carboxylic acids is 1. The lowest BCUT2D eigenvalue weighted by atomic mass is 10.1. The highest BCUT2D eigenvalue weighted by Gasteiger charge is 2.21. The van der Waals surface area contributed by atoms with Gasteiger partial charge in [-0.15, -0.1) is 0 Å². The number of hydrogen-bond donors (Lipinski definition) is 1. The van der Waals surface area contributed by atoms with Gasteiger partial charge < -0.3 is 14.6 Å². The Morgan fingerprint density at radius 3 is 2.67 bits per heavy atom. The van der Waals surface area contributed by atoms with Gasteiger partial charge in [-0.25, -0.2) is 4.39 Å². The SMILES string of the molecule is Cc1ccc(NC(=O)c2noc(C)c2COc2cccc(C)c2C)cc1F. The van der Waals surface area contributed by atoms with Crippen molar-refractivity contribution in [2.24, 2.45) is 0 Å². The van der Waals surface area contributed by atoms with E-state index < -0.39 is 5.91 Å². The normalized spacial score (nSPS) is 10.7. The number of nitrogens with zero attached hydrogens (tertiary/aromatic N) is 1. The van der Waals surface area contributed by atoms with Gasteiger partial charge in [-0.1, -0.05) is 23.4 Å². The fourth-order valence-electron chi connectivity index (χ4n) is 2.63. The van der Waals surface area contributed by atoms with E-state index in [1.54, 1.807) is 26.0 Å². The van der Waals surface area contributed by atoms with E-state index in [0.29, 0.717) is 22.6 Å². The van der Waals surface area contributed by atoms with Crippen molar-refractivity contribution in [2.75, 3.05) is 5.32 Å². The average molecular weight is 368 g/mol. The van der Waals surface area contributed by atoms with Gasteiger partial charge in [-0.05, 0) is 62.6 Å². The number of carbonyl (C=O) groups is 1. The molecule has 5 nitrogen and oxygen atoms in total. The van der Waals surface area contributed by atoms with Crippen LogP contribution in [0.4, 0.5) is 10.1 Å². The number of hydrogen-bond acceptors (Lipinski definition) is 4. The number of rotatable bonds is 5. The van der Waals surface area contributed by atoms with Gasteiger partial charge in [0.1, 0.15) is 23.9 Å². The van der Waals surface area contributed by atoms with Crippen LogP contribution in [0.3, 0.4) is 0 Å². The Labute approximate surface area is 157 Å². The van der Waals surface area contributed by atoms with Crippen LogP contribution in [0, 0.1) is 33.5 Å². The molecule has 0 spiro atoms. The van der Waals surface area contributed by atoms with E-state index in [9.17, 15) is 9.18 Å². The molecule has 0 aliphatic rings. The van der Waals surface area contributed by atoms with E-state index in [-0.39, 0.29) is 18.1 Å². The number of aryl methyl sites for hydroxylation is 3. The van der Waals surface area contributed by atoms with E-state index in [1.807, 2.05) is 32.0 Å². The Bertz CT molecular complexity index is 995. The molecule has 1 N–H and O–H groups in total. The lowest BCUT2D eigenvalue weighted by Crippen LogP contribution is -2.15. The molecule has 2 aromatic carbocycles. The summed E-state index contributed by atoms with van der Waals surface area (Å²) in [6.45, 7) is 7.50. The van der Waals surface area contributed by atoms with Gasteiger partial charge in [-0.3, -0.25) is 4.79 Å². The second-order valence-electron chi connectivity index (χ2n) is 6.47. The first-order valence-corrected chi connectivity index (χ1v) is 8.58. The summed E-state index contributed by atoms with van der Waals surface area (Å²) in [5.41, 5.74) is 3.69. The first-order chi connectivity index (χ1) is 12.9. The van der Waals surface area contributed by atoms with Gasteiger partial charge in [0.2, 0.25) is 0 Å². The van der Waals surface area contributed by atoms with Gasteiger partial charge in [0.05, 0.1) is 5.56 Å². The molecule has 0 unspecified atom stereocenters. The molecule has 6 heteroatoms. The third-order valence-corrected chi connectivity index (χ3v) is 4.56. The third-order valence-electron chi connectivity index (χ3n) is 4.56. The van der Waals surface area contributed by atoms with Crippen molar-refractivity contribution in [3.63, 3.8) is 0 Å². The van der Waals surface area contributed by atoms with E-state index >= 15 is 0 Å². The molecule has 1 amide bonds. The molecular formula is C21H21FN2O3. The van der Waals surface area contributed by atoms with Crippen molar-refractivity contribution in [2.45, 2.75) is 34.3 Å². The number of nitrogens with one attached hydrogen (secondary N) is 1. The minimum atomic E-state index is -0.477. The molecule has 0 bridgehead atoms. The third kappa shape index (κ3) is 4.00. The Hall–Kier alpha value is -3.15. The Morgan fingerprint density at radius 1 is 1.15 bits per heavy atom. The zero-order valence-corrected chi connectivity index (χ0v) is 15.7. The topological polar surface area (TPSA) is 64.4 Å². The summed E-state index contributed by atoms with van der Waals surface area (Å²) in [7, 11) is 0. The second kappa shape index (κ2) is 7.61. The largest absolute Gasteiger partial charge is 0.488 e. The molecule has 0 radical (unpaired) electrons. The fraction of sp³-hybridized carbons (Fsp3) is 0.238. The number of halogens is 1.